The highest BCUT2D eigenvalue weighted by atomic mass is 16.5. The molecule has 1 aromatic heterocycles. The minimum Gasteiger partial charge on any atom is -0.480 e. The first-order chi connectivity index (χ1) is 11.0. The Hall–Kier alpha value is -3.16. The average Bonchev–Trinajstić information content (AvgIpc) is 2.54. The molecule has 120 valence electrons. The van der Waals surface area contributed by atoms with Crippen molar-refractivity contribution in [2.45, 2.75) is 13.2 Å². The predicted octanol–water partition coefficient (Wildman–Crippen LogP) is 0.483. The number of carbonyl (C=O) groups is 2. The van der Waals surface area contributed by atoms with Crippen molar-refractivity contribution in [2.75, 3.05) is 11.9 Å². The van der Waals surface area contributed by atoms with Crippen molar-refractivity contribution >= 4 is 17.8 Å². The van der Waals surface area contributed by atoms with Gasteiger partial charge in [-0.15, -0.1) is 0 Å². The SMILES string of the molecule is O=C(O)Cn1ccc(NCC(=O)OCc2ccccc2)nc1=O. The van der Waals surface area contributed by atoms with Gasteiger partial charge in [0.15, 0.2) is 0 Å². The summed E-state index contributed by atoms with van der Waals surface area (Å²) >= 11 is 0. The van der Waals surface area contributed by atoms with Gasteiger partial charge in [0, 0.05) is 6.20 Å². The van der Waals surface area contributed by atoms with Gasteiger partial charge in [0.1, 0.15) is 25.5 Å². The third-order valence-corrected chi connectivity index (χ3v) is 2.84. The summed E-state index contributed by atoms with van der Waals surface area (Å²) in [5, 5.41) is 11.3. The number of aromatic nitrogens is 2. The molecule has 1 aromatic carbocycles. The fourth-order valence-electron chi connectivity index (χ4n) is 1.75. The maximum Gasteiger partial charge on any atom is 0.350 e. The summed E-state index contributed by atoms with van der Waals surface area (Å²) in [6.07, 6.45) is 1.29. The van der Waals surface area contributed by atoms with E-state index in [4.69, 9.17) is 9.84 Å². The zero-order chi connectivity index (χ0) is 16.7. The van der Waals surface area contributed by atoms with Crippen LogP contribution in [0.15, 0.2) is 47.4 Å². The molecule has 23 heavy (non-hydrogen) atoms. The van der Waals surface area contributed by atoms with Crippen molar-refractivity contribution in [2.24, 2.45) is 0 Å². The molecule has 2 rings (SSSR count). The number of benzene rings is 1. The van der Waals surface area contributed by atoms with E-state index in [2.05, 4.69) is 10.3 Å². The lowest BCUT2D eigenvalue weighted by Crippen LogP contribution is -2.27. The molecule has 0 aliphatic heterocycles. The van der Waals surface area contributed by atoms with Gasteiger partial charge in [0.05, 0.1) is 0 Å². The summed E-state index contributed by atoms with van der Waals surface area (Å²) in [5.74, 6) is -1.46. The van der Waals surface area contributed by atoms with Gasteiger partial charge in [-0.3, -0.25) is 14.2 Å². The molecule has 8 nitrogen and oxygen atoms in total. The van der Waals surface area contributed by atoms with Crippen molar-refractivity contribution in [3.8, 4) is 0 Å². The number of nitrogens with zero attached hydrogens (tertiary/aromatic N) is 2. The second kappa shape index (κ2) is 7.74. The molecule has 0 radical (unpaired) electrons. The molecule has 0 bridgehead atoms. The van der Waals surface area contributed by atoms with Crippen LogP contribution in [-0.2, 0) is 27.5 Å². The molecule has 1 heterocycles. The molecular weight excluding hydrogens is 302 g/mol. The number of nitrogens with one attached hydrogen (secondary N) is 1. The highest BCUT2D eigenvalue weighted by Gasteiger charge is 2.07. The molecule has 0 aliphatic rings. The highest BCUT2D eigenvalue weighted by Crippen LogP contribution is 2.01. The van der Waals surface area contributed by atoms with Crippen LogP contribution in [0.4, 0.5) is 5.82 Å². The van der Waals surface area contributed by atoms with Crippen LogP contribution in [0.2, 0.25) is 0 Å². The van der Waals surface area contributed by atoms with E-state index in [0.717, 1.165) is 10.1 Å². The summed E-state index contributed by atoms with van der Waals surface area (Å²) < 4.78 is 6.01. The normalized spacial score (nSPS) is 10.1. The summed E-state index contributed by atoms with van der Waals surface area (Å²) in [7, 11) is 0. The maximum absolute atomic E-state index is 11.6. The lowest BCUT2D eigenvalue weighted by Gasteiger charge is -2.07. The van der Waals surface area contributed by atoms with Gasteiger partial charge in [-0.2, -0.15) is 4.98 Å². The van der Waals surface area contributed by atoms with Crippen LogP contribution >= 0.6 is 0 Å². The quantitative estimate of drug-likeness (QED) is 0.715. The molecule has 0 amide bonds. The Morgan fingerprint density at radius 1 is 1.22 bits per heavy atom. The number of ether oxygens (including phenoxy) is 1. The van der Waals surface area contributed by atoms with Crippen molar-refractivity contribution in [1.82, 2.24) is 9.55 Å². The molecule has 0 saturated carbocycles. The number of carboxylic acids is 1. The Morgan fingerprint density at radius 3 is 2.61 bits per heavy atom. The van der Waals surface area contributed by atoms with Crippen LogP contribution in [0, 0.1) is 0 Å². The topological polar surface area (TPSA) is 111 Å². The summed E-state index contributed by atoms with van der Waals surface area (Å²) in [5.41, 5.74) is 0.158. The smallest absolute Gasteiger partial charge is 0.350 e. The van der Waals surface area contributed by atoms with Crippen molar-refractivity contribution < 1.29 is 19.4 Å². The number of anilines is 1. The number of carbonyl (C=O) groups excluding carboxylic acids is 1. The second-order valence-corrected chi connectivity index (χ2v) is 4.62. The van der Waals surface area contributed by atoms with Crippen molar-refractivity contribution in [3.63, 3.8) is 0 Å². The van der Waals surface area contributed by atoms with Crippen LogP contribution in [0.3, 0.4) is 0 Å². The molecule has 2 aromatic rings. The molecule has 8 heteroatoms. The Morgan fingerprint density at radius 2 is 1.96 bits per heavy atom. The number of hydrogen-bond donors (Lipinski definition) is 2. The highest BCUT2D eigenvalue weighted by molar-refractivity contribution is 5.74. The molecule has 0 spiro atoms. The van der Waals surface area contributed by atoms with Gasteiger partial charge in [0.25, 0.3) is 0 Å². The molecule has 0 unspecified atom stereocenters. The third-order valence-electron chi connectivity index (χ3n) is 2.84. The van der Waals surface area contributed by atoms with Crippen LogP contribution in [0.25, 0.3) is 0 Å². The first-order valence-electron chi connectivity index (χ1n) is 6.77. The van der Waals surface area contributed by atoms with Gasteiger partial charge in [-0.25, -0.2) is 4.79 Å². The molecule has 0 fully saturated rings. The number of esters is 1. The number of aliphatic carboxylic acids is 1. The van der Waals surface area contributed by atoms with E-state index in [1.165, 1.54) is 12.3 Å². The van der Waals surface area contributed by atoms with Crippen LogP contribution < -0.4 is 11.0 Å². The van der Waals surface area contributed by atoms with Gasteiger partial charge in [-0.05, 0) is 11.6 Å². The van der Waals surface area contributed by atoms with Crippen molar-refractivity contribution in [3.05, 3.63) is 58.6 Å². The van der Waals surface area contributed by atoms with E-state index < -0.39 is 24.2 Å². The molecular formula is C15H15N3O5. The minimum absolute atomic E-state index is 0.151. The monoisotopic (exact) mass is 317 g/mol. The van der Waals surface area contributed by atoms with E-state index >= 15 is 0 Å². The van der Waals surface area contributed by atoms with E-state index in [1.54, 1.807) is 0 Å². The zero-order valence-corrected chi connectivity index (χ0v) is 12.1. The summed E-state index contributed by atoms with van der Waals surface area (Å²) in [6, 6.07) is 10.6. The minimum atomic E-state index is -1.14. The van der Waals surface area contributed by atoms with Gasteiger partial charge in [-0.1, -0.05) is 30.3 Å². The standard InChI is InChI=1S/C15H15N3O5/c19-13(20)9-18-7-6-12(17-15(18)22)16-8-14(21)23-10-11-4-2-1-3-5-11/h1-7H,8-10H2,(H,19,20)(H,16,17,22). The Balaban J connectivity index is 1.83. The average molecular weight is 317 g/mol. The fourth-order valence-corrected chi connectivity index (χ4v) is 1.75. The fraction of sp³-hybridized carbons (Fsp3) is 0.200. The number of carboxylic acid groups (broad SMARTS) is 1. The lowest BCUT2D eigenvalue weighted by molar-refractivity contribution is -0.142. The molecule has 2 N–H and O–H groups in total. The van der Waals surface area contributed by atoms with Gasteiger partial charge in [0.2, 0.25) is 0 Å². The molecule has 0 aliphatic carbocycles. The van der Waals surface area contributed by atoms with E-state index in [1.807, 2.05) is 30.3 Å². The van der Waals surface area contributed by atoms with Crippen LogP contribution in [0.1, 0.15) is 5.56 Å². The largest absolute Gasteiger partial charge is 0.480 e. The number of hydrogen-bond acceptors (Lipinski definition) is 6. The van der Waals surface area contributed by atoms with Crippen molar-refractivity contribution in [1.29, 1.82) is 0 Å². The molecule has 0 saturated heterocycles. The summed E-state index contributed by atoms with van der Waals surface area (Å²) in [6.45, 7) is -0.456. The Kier molecular flexibility index (Phi) is 5.45. The predicted molar refractivity (Wildman–Crippen MR) is 80.9 cm³/mol. The summed E-state index contributed by atoms with van der Waals surface area (Å²) in [4.78, 5) is 37.4. The maximum atomic E-state index is 11.6. The van der Waals surface area contributed by atoms with E-state index in [9.17, 15) is 14.4 Å². The van der Waals surface area contributed by atoms with Gasteiger partial charge < -0.3 is 15.2 Å². The van der Waals surface area contributed by atoms with E-state index in [0.29, 0.717) is 0 Å². The Labute approximate surface area is 131 Å². The second-order valence-electron chi connectivity index (χ2n) is 4.62. The molecule has 0 atom stereocenters. The Bertz CT molecular complexity index is 742. The van der Waals surface area contributed by atoms with Crippen LogP contribution in [-0.4, -0.2) is 33.1 Å². The van der Waals surface area contributed by atoms with E-state index in [-0.39, 0.29) is 19.0 Å². The van der Waals surface area contributed by atoms with Gasteiger partial charge >= 0.3 is 17.6 Å². The first-order valence-corrected chi connectivity index (χ1v) is 6.77. The zero-order valence-electron chi connectivity index (χ0n) is 12.1. The lowest BCUT2D eigenvalue weighted by atomic mass is 10.2. The number of rotatable bonds is 7. The van der Waals surface area contributed by atoms with Crippen LogP contribution in [0.5, 0.6) is 0 Å². The first kappa shape index (κ1) is 16.2. The third kappa shape index (κ3) is 5.27.